The number of carbonyl (C=O) groups is 1. The van der Waals surface area contributed by atoms with Gasteiger partial charge in [-0.3, -0.25) is 14.9 Å². The molecule has 142 valence electrons. The molecule has 0 spiro atoms. The summed E-state index contributed by atoms with van der Waals surface area (Å²) < 4.78 is 18.4. The lowest BCUT2D eigenvalue weighted by molar-refractivity contribution is -0.385. The van der Waals surface area contributed by atoms with Crippen LogP contribution in [-0.2, 0) is 11.2 Å². The van der Waals surface area contributed by atoms with E-state index in [1.807, 2.05) is 0 Å². The van der Waals surface area contributed by atoms with Crippen LogP contribution in [0.15, 0.2) is 36.7 Å². The van der Waals surface area contributed by atoms with Crippen LogP contribution in [-0.4, -0.2) is 32.9 Å². The zero-order valence-corrected chi connectivity index (χ0v) is 14.5. The lowest BCUT2D eigenvalue weighted by Gasteiger charge is -2.28. The van der Waals surface area contributed by atoms with E-state index in [0.717, 1.165) is 12.4 Å². The first-order chi connectivity index (χ1) is 13.0. The second kappa shape index (κ2) is 8.52. The van der Waals surface area contributed by atoms with E-state index in [4.69, 9.17) is 4.74 Å². The Hall–Kier alpha value is -3.10. The van der Waals surface area contributed by atoms with Gasteiger partial charge in [-0.15, -0.1) is 0 Å². The molecule has 0 radical (unpaired) electrons. The maximum Gasteiger partial charge on any atom is 0.316 e. The van der Waals surface area contributed by atoms with Crippen LogP contribution in [0.4, 0.5) is 10.1 Å². The summed E-state index contributed by atoms with van der Waals surface area (Å²) in [6, 6.07) is 6.37. The predicted octanol–water partition coefficient (Wildman–Crippen LogP) is 2.57. The third-order valence-electron chi connectivity index (χ3n) is 4.45. The van der Waals surface area contributed by atoms with Crippen LogP contribution >= 0.6 is 0 Å². The van der Waals surface area contributed by atoms with Crippen LogP contribution in [0.5, 0.6) is 6.01 Å². The first kappa shape index (κ1) is 18.7. The van der Waals surface area contributed by atoms with E-state index < -0.39 is 10.7 Å². The molecule has 1 saturated carbocycles. The van der Waals surface area contributed by atoms with Crippen LogP contribution in [0, 0.1) is 15.9 Å². The summed E-state index contributed by atoms with van der Waals surface area (Å²) in [6.07, 6.45) is 4.83. The number of halogens is 1. The first-order valence-electron chi connectivity index (χ1n) is 8.67. The standard InChI is InChI=1S/C18H19FN4O4/c19-13-10-20-18(21-11-13)27-15-7-5-14(6-8-15)22-17(24)9-12-3-1-2-4-16(12)23(25)26/h1-4,10-11,14-15H,5-9H2,(H,22,24). The number of nitro groups is 1. The molecule has 1 N–H and O–H groups in total. The Balaban J connectivity index is 1.47. The number of nitrogens with zero attached hydrogens (tertiary/aromatic N) is 3. The summed E-state index contributed by atoms with van der Waals surface area (Å²) in [6.45, 7) is 0. The monoisotopic (exact) mass is 374 g/mol. The summed E-state index contributed by atoms with van der Waals surface area (Å²) in [7, 11) is 0. The van der Waals surface area contributed by atoms with E-state index in [1.54, 1.807) is 18.2 Å². The van der Waals surface area contributed by atoms with Crippen LogP contribution in [0.3, 0.4) is 0 Å². The van der Waals surface area contributed by atoms with Crippen molar-refractivity contribution < 1.29 is 18.8 Å². The summed E-state index contributed by atoms with van der Waals surface area (Å²) in [5.74, 6) is -0.761. The second-order valence-electron chi connectivity index (χ2n) is 6.41. The Kier molecular flexibility index (Phi) is 5.90. The minimum atomic E-state index is -0.521. The highest BCUT2D eigenvalue weighted by Crippen LogP contribution is 2.23. The molecule has 9 heteroatoms. The van der Waals surface area contributed by atoms with Crippen LogP contribution in [0.25, 0.3) is 0 Å². The van der Waals surface area contributed by atoms with Gasteiger partial charge in [-0.05, 0) is 25.7 Å². The Morgan fingerprint density at radius 2 is 1.89 bits per heavy atom. The van der Waals surface area contributed by atoms with E-state index >= 15 is 0 Å². The van der Waals surface area contributed by atoms with E-state index in [2.05, 4.69) is 15.3 Å². The van der Waals surface area contributed by atoms with Crippen LogP contribution < -0.4 is 10.1 Å². The molecular formula is C18H19FN4O4. The molecule has 0 atom stereocenters. The normalized spacial score (nSPS) is 19.3. The van der Waals surface area contributed by atoms with Gasteiger partial charge >= 0.3 is 6.01 Å². The largest absolute Gasteiger partial charge is 0.460 e. The zero-order valence-electron chi connectivity index (χ0n) is 14.5. The Morgan fingerprint density at radius 3 is 2.56 bits per heavy atom. The smallest absolute Gasteiger partial charge is 0.316 e. The molecule has 0 bridgehead atoms. The minimum absolute atomic E-state index is 0.00532. The number of nitrogens with one attached hydrogen (secondary N) is 1. The van der Waals surface area contributed by atoms with E-state index in [0.29, 0.717) is 31.2 Å². The molecule has 3 rings (SSSR count). The number of para-hydroxylation sites is 1. The Bertz CT molecular complexity index is 807. The number of carbonyl (C=O) groups excluding carboxylic acids is 1. The maximum absolute atomic E-state index is 12.8. The number of amides is 1. The van der Waals surface area contributed by atoms with Gasteiger partial charge in [0.15, 0.2) is 5.82 Å². The van der Waals surface area contributed by atoms with Crippen molar-refractivity contribution in [2.45, 2.75) is 44.2 Å². The van der Waals surface area contributed by atoms with Gasteiger partial charge in [0.2, 0.25) is 5.91 Å². The first-order valence-corrected chi connectivity index (χ1v) is 8.67. The zero-order chi connectivity index (χ0) is 19.2. The van der Waals surface area contributed by atoms with Crippen molar-refractivity contribution >= 4 is 11.6 Å². The molecule has 0 saturated heterocycles. The topological polar surface area (TPSA) is 107 Å². The highest BCUT2D eigenvalue weighted by molar-refractivity contribution is 5.80. The number of benzene rings is 1. The predicted molar refractivity (Wildman–Crippen MR) is 93.6 cm³/mol. The van der Waals surface area contributed by atoms with Gasteiger partial charge in [-0.1, -0.05) is 18.2 Å². The van der Waals surface area contributed by atoms with Gasteiger partial charge in [-0.2, -0.15) is 0 Å². The van der Waals surface area contributed by atoms with E-state index in [9.17, 15) is 19.3 Å². The number of nitro benzene ring substituents is 1. The fourth-order valence-corrected chi connectivity index (χ4v) is 3.13. The van der Waals surface area contributed by atoms with E-state index in [1.165, 1.54) is 6.07 Å². The quantitative estimate of drug-likeness (QED) is 0.615. The summed E-state index contributed by atoms with van der Waals surface area (Å²) >= 11 is 0. The van der Waals surface area contributed by atoms with Crippen molar-refractivity contribution in [3.05, 3.63) is 58.2 Å². The molecule has 1 aromatic heterocycles. The SMILES string of the molecule is O=C(Cc1ccccc1[N+](=O)[O-])NC1CCC(Oc2ncc(F)cn2)CC1. The molecular weight excluding hydrogens is 355 g/mol. The van der Waals surface area contributed by atoms with E-state index in [-0.39, 0.29) is 36.2 Å². The number of hydrogen-bond acceptors (Lipinski definition) is 6. The minimum Gasteiger partial charge on any atom is -0.460 e. The average molecular weight is 374 g/mol. The number of aromatic nitrogens is 2. The molecule has 1 heterocycles. The van der Waals surface area contributed by atoms with Gasteiger partial charge in [0.05, 0.1) is 23.7 Å². The van der Waals surface area contributed by atoms with Gasteiger partial charge in [-0.25, -0.2) is 14.4 Å². The number of hydrogen-bond donors (Lipinski definition) is 1. The number of rotatable bonds is 6. The highest BCUT2D eigenvalue weighted by atomic mass is 19.1. The van der Waals surface area contributed by atoms with Crippen molar-refractivity contribution in [2.75, 3.05) is 0 Å². The highest BCUT2D eigenvalue weighted by Gasteiger charge is 2.25. The fourth-order valence-electron chi connectivity index (χ4n) is 3.13. The maximum atomic E-state index is 12.8. The molecule has 1 aliphatic carbocycles. The van der Waals surface area contributed by atoms with Crippen molar-refractivity contribution in [3.8, 4) is 6.01 Å². The summed E-state index contributed by atoms with van der Waals surface area (Å²) in [5.41, 5.74) is 0.342. The Labute approximate surface area is 154 Å². The molecule has 8 nitrogen and oxygen atoms in total. The summed E-state index contributed by atoms with van der Waals surface area (Å²) in [5, 5.41) is 14.0. The second-order valence-corrected chi connectivity index (χ2v) is 6.41. The lowest BCUT2D eigenvalue weighted by Crippen LogP contribution is -2.40. The third-order valence-corrected chi connectivity index (χ3v) is 4.45. The van der Waals surface area contributed by atoms with Gasteiger partial charge in [0.1, 0.15) is 6.10 Å². The summed E-state index contributed by atoms with van der Waals surface area (Å²) in [4.78, 5) is 30.3. The molecule has 1 aromatic carbocycles. The fraction of sp³-hybridized carbons (Fsp3) is 0.389. The van der Waals surface area contributed by atoms with Crippen molar-refractivity contribution in [1.29, 1.82) is 0 Å². The van der Waals surface area contributed by atoms with Crippen LogP contribution in [0.2, 0.25) is 0 Å². The third kappa shape index (κ3) is 5.19. The molecule has 0 aliphatic heterocycles. The van der Waals surface area contributed by atoms with Crippen molar-refractivity contribution in [3.63, 3.8) is 0 Å². The van der Waals surface area contributed by atoms with Crippen LogP contribution in [0.1, 0.15) is 31.2 Å². The molecule has 27 heavy (non-hydrogen) atoms. The average Bonchev–Trinajstić information content (AvgIpc) is 2.65. The van der Waals surface area contributed by atoms with Gasteiger partial charge in [0.25, 0.3) is 5.69 Å². The Morgan fingerprint density at radius 1 is 1.22 bits per heavy atom. The molecule has 0 unspecified atom stereocenters. The van der Waals surface area contributed by atoms with Gasteiger partial charge in [0, 0.05) is 17.7 Å². The van der Waals surface area contributed by atoms with Gasteiger partial charge < -0.3 is 10.1 Å². The van der Waals surface area contributed by atoms with Crippen molar-refractivity contribution in [2.24, 2.45) is 0 Å². The molecule has 2 aromatic rings. The van der Waals surface area contributed by atoms with Crippen molar-refractivity contribution in [1.82, 2.24) is 15.3 Å². The lowest BCUT2D eigenvalue weighted by atomic mass is 9.92. The molecule has 1 aliphatic rings. The number of ether oxygens (including phenoxy) is 1. The molecule has 1 amide bonds. The molecule has 1 fully saturated rings.